The Morgan fingerprint density at radius 2 is 2.26 bits per heavy atom. The molecule has 2 heterocycles. The second kappa shape index (κ2) is 6.52. The standard InChI is InChI=1S/C13H14N4O2/c14-9-11(10-16-12-3-1-2-4-15-12)13(18)17-5-7-19-8-6-17/h1-4,10H,5-8H2,(H,15,16)/b11-10-. The lowest BCUT2D eigenvalue weighted by atomic mass is 10.2. The smallest absolute Gasteiger partial charge is 0.266 e. The van der Waals surface area contributed by atoms with Crippen molar-refractivity contribution in [3.05, 3.63) is 36.2 Å². The number of rotatable bonds is 3. The molecule has 0 aliphatic carbocycles. The number of carbonyl (C=O) groups excluding carboxylic acids is 1. The Labute approximate surface area is 111 Å². The normalized spacial score (nSPS) is 15.7. The van der Waals surface area contributed by atoms with E-state index < -0.39 is 0 Å². The molecule has 1 aliphatic rings. The maximum atomic E-state index is 12.1. The molecule has 6 heteroatoms. The highest BCUT2D eigenvalue weighted by Crippen LogP contribution is 2.06. The van der Waals surface area contributed by atoms with Crippen molar-refractivity contribution in [2.75, 3.05) is 31.6 Å². The minimum atomic E-state index is -0.283. The number of carbonyl (C=O) groups is 1. The van der Waals surface area contributed by atoms with Crippen molar-refractivity contribution in [1.29, 1.82) is 5.26 Å². The van der Waals surface area contributed by atoms with Crippen LogP contribution in [0.5, 0.6) is 0 Å². The van der Waals surface area contributed by atoms with Gasteiger partial charge in [0.1, 0.15) is 17.5 Å². The van der Waals surface area contributed by atoms with Crippen molar-refractivity contribution >= 4 is 11.7 Å². The molecular formula is C13H14N4O2. The van der Waals surface area contributed by atoms with E-state index in [-0.39, 0.29) is 11.5 Å². The van der Waals surface area contributed by atoms with Crippen LogP contribution in [0.4, 0.5) is 5.82 Å². The van der Waals surface area contributed by atoms with Crippen LogP contribution in [0.2, 0.25) is 0 Å². The predicted octanol–water partition coefficient (Wildman–Crippen LogP) is 0.760. The fraction of sp³-hybridized carbons (Fsp3) is 0.308. The Morgan fingerprint density at radius 1 is 1.47 bits per heavy atom. The van der Waals surface area contributed by atoms with Gasteiger partial charge in [-0.25, -0.2) is 4.98 Å². The first-order valence-corrected chi connectivity index (χ1v) is 5.96. The Hall–Kier alpha value is -2.39. The van der Waals surface area contributed by atoms with Gasteiger partial charge in [-0.1, -0.05) is 6.07 Å². The van der Waals surface area contributed by atoms with Crippen LogP contribution in [0, 0.1) is 11.3 Å². The minimum absolute atomic E-state index is 0.0625. The lowest BCUT2D eigenvalue weighted by molar-refractivity contribution is -0.130. The molecule has 0 bridgehead atoms. The number of pyridine rings is 1. The molecule has 0 atom stereocenters. The molecule has 1 aromatic rings. The molecule has 19 heavy (non-hydrogen) atoms. The Kier molecular flexibility index (Phi) is 4.48. The summed E-state index contributed by atoms with van der Waals surface area (Å²) in [7, 11) is 0. The molecule has 1 saturated heterocycles. The number of anilines is 1. The van der Waals surface area contributed by atoms with Gasteiger partial charge in [-0.2, -0.15) is 5.26 Å². The van der Waals surface area contributed by atoms with Crippen molar-refractivity contribution < 1.29 is 9.53 Å². The zero-order chi connectivity index (χ0) is 13.5. The summed E-state index contributed by atoms with van der Waals surface area (Å²) in [6.07, 6.45) is 3.02. The van der Waals surface area contributed by atoms with E-state index in [1.54, 1.807) is 23.2 Å². The van der Waals surface area contributed by atoms with Crippen molar-refractivity contribution in [3.63, 3.8) is 0 Å². The predicted molar refractivity (Wildman–Crippen MR) is 69.0 cm³/mol. The summed E-state index contributed by atoms with van der Waals surface area (Å²) in [6.45, 7) is 2.05. The van der Waals surface area contributed by atoms with Crippen LogP contribution in [-0.2, 0) is 9.53 Å². The molecule has 1 N–H and O–H groups in total. The van der Waals surface area contributed by atoms with Crippen LogP contribution in [0.3, 0.4) is 0 Å². The summed E-state index contributed by atoms with van der Waals surface area (Å²) < 4.78 is 5.17. The monoisotopic (exact) mass is 258 g/mol. The van der Waals surface area contributed by atoms with Crippen LogP contribution in [0.1, 0.15) is 0 Å². The highest BCUT2D eigenvalue weighted by molar-refractivity contribution is 5.97. The summed E-state index contributed by atoms with van der Waals surface area (Å²) in [4.78, 5) is 17.7. The summed E-state index contributed by atoms with van der Waals surface area (Å²) >= 11 is 0. The Morgan fingerprint density at radius 3 is 2.89 bits per heavy atom. The highest BCUT2D eigenvalue weighted by Gasteiger charge is 2.20. The number of ether oxygens (including phenoxy) is 1. The molecule has 0 saturated carbocycles. The van der Waals surface area contributed by atoms with Gasteiger partial charge in [-0.3, -0.25) is 4.79 Å². The van der Waals surface area contributed by atoms with Crippen LogP contribution < -0.4 is 5.32 Å². The maximum absolute atomic E-state index is 12.1. The van der Waals surface area contributed by atoms with Gasteiger partial charge >= 0.3 is 0 Å². The lowest BCUT2D eigenvalue weighted by Gasteiger charge is -2.26. The lowest BCUT2D eigenvalue weighted by Crippen LogP contribution is -2.41. The summed E-state index contributed by atoms with van der Waals surface area (Å²) in [5.74, 6) is 0.305. The van der Waals surface area contributed by atoms with Crippen LogP contribution in [-0.4, -0.2) is 42.1 Å². The first-order valence-electron chi connectivity index (χ1n) is 5.96. The molecule has 2 rings (SSSR count). The van der Waals surface area contributed by atoms with E-state index >= 15 is 0 Å². The molecule has 1 aromatic heterocycles. The molecule has 0 radical (unpaired) electrons. The maximum Gasteiger partial charge on any atom is 0.266 e. The topological polar surface area (TPSA) is 78.2 Å². The number of nitriles is 1. The number of amides is 1. The van der Waals surface area contributed by atoms with Crippen molar-refractivity contribution in [2.45, 2.75) is 0 Å². The Balaban J connectivity index is 2.03. The van der Waals surface area contributed by atoms with Gasteiger partial charge in [0.15, 0.2) is 0 Å². The van der Waals surface area contributed by atoms with Gasteiger partial charge in [-0.05, 0) is 12.1 Å². The van der Waals surface area contributed by atoms with E-state index in [2.05, 4.69) is 10.3 Å². The molecule has 0 spiro atoms. The van der Waals surface area contributed by atoms with Gasteiger partial charge in [0.05, 0.1) is 13.2 Å². The summed E-state index contributed by atoms with van der Waals surface area (Å²) in [5.41, 5.74) is 0.0625. The van der Waals surface area contributed by atoms with E-state index in [0.29, 0.717) is 32.1 Å². The average molecular weight is 258 g/mol. The first-order chi connectivity index (χ1) is 9.31. The van der Waals surface area contributed by atoms with E-state index in [1.165, 1.54) is 6.20 Å². The van der Waals surface area contributed by atoms with E-state index in [0.717, 1.165) is 0 Å². The molecule has 6 nitrogen and oxygen atoms in total. The fourth-order valence-corrected chi connectivity index (χ4v) is 1.67. The summed E-state index contributed by atoms with van der Waals surface area (Å²) in [6, 6.07) is 7.27. The largest absolute Gasteiger partial charge is 0.378 e. The van der Waals surface area contributed by atoms with E-state index in [9.17, 15) is 4.79 Å². The molecule has 1 amide bonds. The van der Waals surface area contributed by atoms with E-state index in [4.69, 9.17) is 10.00 Å². The number of hydrogen-bond acceptors (Lipinski definition) is 5. The average Bonchev–Trinajstić information content (AvgIpc) is 2.49. The molecular weight excluding hydrogens is 244 g/mol. The van der Waals surface area contributed by atoms with E-state index in [1.807, 2.05) is 12.1 Å². The highest BCUT2D eigenvalue weighted by atomic mass is 16.5. The second-order valence-electron chi connectivity index (χ2n) is 3.93. The number of nitrogens with zero attached hydrogens (tertiary/aromatic N) is 3. The first kappa shape index (κ1) is 13.1. The minimum Gasteiger partial charge on any atom is -0.378 e. The van der Waals surface area contributed by atoms with Gasteiger partial charge < -0.3 is 15.0 Å². The third-order valence-corrected chi connectivity index (χ3v) is 2.68. The molecule has 1 aliphatic heterocycles. The van der Waals surface area contributed by atoms with Crippen LogP contribution in [0.25, 0.3) is 0 Å². The fourth-order valence-electron chi connectivity index (χ4n) is 1.67. The third-order valence-electron chi connectivity index (χ3n) is 2.68. The number of nitrogens with one attached hydrogen (secondary N) is 1. The Bertz CT molecular complexity index is 501. The van der Waals surface area contributed by atoms with Crippen molar-refractivity contribution in [2.24, 2.45) is 0 Å². The van der Waals surface area contributed by atoms with Crippen LogP contribution in [0.15, 0.2) is 36.2 Å². The van der Waals surface area contributed by atoms with Gasteiger partial charge in [0, 0.05) is 25.5 Å². The molecule has 1 fully saturated rings. The third kappa shape index (κ3) is 3.53. The second-order valence-corrected chi connectivity index (χ2v) is 3.93. The van der Waals surface area contributed by atoms with Gasteiger partial charge in [-0.15, -0.1) is 0 Å². The zero-order valence-electron chi connectivity index (χ0n) is 10.4. The quantitative estimate of drug-likeness (QED) is 0.639. The van der Waals surface area contributed by atoms with Gasteiger partial charge in [0.2, 0.25) is 0 Å². The molecule has 98 valence electrons. The molecule has 0 unspecified atom stereocenters. The zero-order valence-corrected chi connectivity index (χ0v) is 10.4. The number of morpholine rings is 1. The summed E-state index contributed by atoms with van der Waals surface area (Å²) in [5, 5.41) is 11.9. The number of aromatic nitrogens is 1. The van der Waals surface area contributed by atoms with Crippen molar-refractivity contribution in [3.8, 4) is 6.07 Å². The SMILES string of the molecule is N#C/C(=C/Nc1ccccn1)C(=O)N1CCOCC1. The molecule has 0 aromatic carbocycles. The van der Waals surface area contributed by atoms with Crippen molar-refractivity contribution in [1.82, 2.24) is 9.88 Å². The van der Waals surface area contributed by atoms with Crippen LogP contribution >= 0.6 is 0 Å². The van der Waals surface area contributed by atoms with Gasteiger partial charge in [0.25, 0.3) is 5.91 Å². The number of hydrogen-bond donors (Lipinski definition) is 1.